The molecule has 1 aromatic heterocycles. The van der Waals surface area contributed by atoms with Crippen LogP contribution in [0.25, 0.3) is 21.3 Å². The normalized spacial score (nSPS) is 13.1. The van der Waals surface area contributed by atoms with Crippen LogP contribution in [0.1, 0.15) is 16.8 Å². The van der Waals surface area contributed by atoms with E-state index in [1.54, 1.807) is 12.1 Å². The van der Waals surface area contributed by atoms with Crippen molar-refractivity contribution in [1.29, 1.82) is 0 Å². The second-order valence-electron chi connectivity index (χ2n) is 7.69. The number of amides is 1. The first-order valence-corrected chi connectivity index (χ1v) is 11.7. The number of hydrogen-bond donors (Lipinski definition) is 0. The Balaban J connectivity index is 1.52. The lowest BCUT2D eigenvalue weighted by molar-refractivity contribution is -0.140. The summed E-state index contributed by atoms with van der Waals surface area (Å²) in [5.74, 6) is 0.612. The Morgan fingerprint density at radius 2 is 1.65 bits per heavy atom. The van der Waals surface area contributed by atoms with Crippen molar-refractivity contribution < 1.29 is 23.8 Å². The van der Waals surface area contributed by atoms with Crippen LogP contribution in [0.4, 0.5) is 0 Å². The SMILES string of the molecule is COC(=O)CCn1c(=NC(=O)c2ccc(-c3ccccc3)cc2)sc2cc3c(cc21)OCCO3. The maximum Gasteiger partial charge on any atom is 0.307 e. The van der Waals surface area contributed by atoms with Gasteiger partial charge in [-0.3, -0.25) is 9.59 Å². The van der Waals surface area contributed by atoms with Gasteiger partial charge >= 0.3 is 5.97 Å². The molecule has 8 heteroatoms. The van der Waals surface area contributed by atoms with Gasteiger partial charge in [-0.1, -0.05) is 53.8 Å². The first-order valence-electron chi connectivity index (χ1n) is 10.9. The Morgan fingerprint density at radius 3 is 2.35 bits per heavy atom. The highest BCUT2D eigenvalue weighted by molar-refractivity contribution is 7.16. The summed E-state index contributed by atoms with van der Waals surface area (Å²) in [6.45, 7) is 1.28. The van der Waals surface area contributed by atoms with Gasteiger partial charge in [0.15, 0.2) is 16.3 Å². The van der Waals surface area contributed by atoms with Crippen LogP contribution in [-0.2, 0) is 16.1 Å². The number of rotatable bonds is 5. The molecule has 0 atom stereocenters. The summed E-state index contributed by atoms with van der Waals surface area (Å²) in [7, 11) is 1.36. The van der Waals surface area contributed by atoms with Crippen LogP contribution in [-0.4, -0.2) is 36.8 Å². The third-order valence-electron chi connectivity index (χ3n) is 5.55. The lowest BCUT2D eigenvalue weighted by atomic mass is 10.0. The molecule has 2 heterocycles. The fourth-order valence-corrected chi connectivity index (χ4v) is 4.87. The molecule has 34 heavy (non-hydrogen) atoms. The smallest absolute Gasteiger partial charge is 0.307 e. The molecule has 0 radical (unpaired) electrons. The van der Waals surface area contributed by atoms with Crippen molar-refractivity contribution in [2.24, 2.45) is 4.99 Å². The quantitative estimate of drug-likeness (QED) is 0.400. The molecule has 0 bridgehead atoms. The van der Waals surface area contributed by atoms with Gasteiger partial charge in [0.1, 0.15) is 13.2 Å². The fraction of sp³-hybridized carbons (Fsp3) is 0.192. The summed E-state index contributed by atoms with van der Waals surface area (Å²) < 4.78 is 19.0. The van der Waals surface area contributed by atoms with E-state index in [0.717, 1.165) is 21.3 Å². The van der Waals surface area contributed by atoms with Gasteiger partial charge in [-0.2, -0.15) is 4.99 Å². The van der Waals surface area contributed by atoms with Crippen LogP contribution in [0, 0.1) is 0 Å². The minimum atomic E-state index is -0.352. The Hall–Kier alpha value is -3.91. The molecule has 1 aliphatic heterocycles. The number of benzene rings is 3. The number of carbonyl (C=O) groups excluding carboxylic acids is 2. The zero-order valence-electron chi connectivity index (χ0n) is 18.5. The molecule has 3 aromatic carbocycles. The highest BCUT2D eigenvalue weighted by Crippen LogP contribution is 2.35. The number of esters is 1. The second-order valence-corrected chi connectivity index (χ2v) is 8.70. The highest BCUT2D eigenvalue weighted by atomic mass is 32.1. The first kappa shape index (κ1) is 21.9. The Labute approximate surface area is 199 Å². The van der Waals surface area contributed by atoms with Crippen LogP contribution in [0.5, 0.6) is 11.5 Å². The van der Waals surface area contributed by atoms with Gasteiger partial charge in [0.05, 0.1) is 23.7 Å². The molecule has 0 unspecified atom stereocenters. The van der Waals surface area contributed by atoms with Crippen molar-refractivity contribution in [3.63, 3.8) is 0 Å². The van der Waals surface area contributed by atoms with Crippen LogP contribution in [0.3, 0.4) is 0 Å². The van der Waals surface area contributed by atoms with Gasteiger partial charge in [0.25, 0.3) is 5.91 Å². The molecule has 7 nitrogen and oxygen atoms in total. The van der Waals surface area contributed by atoms with E-state index in [1.807, 2.05) is 59.2 Å². The largest absolute Gasteiger partial charge is 0.486 e. The third kappa shape index (κ3) is 4.45. The monoisotopic (exact) mass is 474 g/mol. The average Bonchev–Trinajstić information content (AvgIpc) is 3.21. The van der Waals surface area contributed by atoms with Crippen LogP contribution >= 0.6 is 11.3 Å². The van der Waals surface area contributed by atoms with E-state index in [0.29, 0.717) is 41.6 Å². The second kappa shape index (κ2) is 9.52. The van der Waals surface area contributed by atoms with Gasteiger partial charge in [0.2, 0.25) is 0 Å². The number of methoxy groups -OCH3 is 1. The van der Waals surface area contributed by atoms with E-state index in [1.165, 1.54) is 18.4 Å². The molecule has 0 fully saturated rings. The van der Waals surface area contributed by atoms with Gasteiger partial charge in [-0.25, -0.2) is 0 Å². The summed E-state index contributed by atoms with van der Waals surface area (Å²) >= 11 is 1.37. The molecular weight excluding hydrogens is 452 g/mol. The standard InChI is InChI=1S/C26H22N2O5S/c1-31-24(29)11-12-28-20-15-21-22(33-14-13-32-21)16-23(20)34-26(28)27-25(30)19-9-7-18(8-10-19)17-5-3-2-4-6-17/h2-10,15-16H,11-14H2,1H3. The molecule has 0 aliphatic carbocycles. The summed E-state index contributed by atoms with van der Waals surface area (Å²) in [4.78, 5) is 29.7. The topological polar surface area (TPSA) is 79.1 Å². The molecule has 1 amide bonds. The van der Waals surface area contributed by atoms with Crippen LogP contribution < -0.4 is 14.3 Å². The van der Waals surface area contributed by atoms with Crippen LogP contribution in [0.15, 0.2) is 71.7 Å². The molecule has 1 aliphatic rings. The Morgan fingerprint density at radius 1 is 0.971 bits per heavy atom. The van der Waals surface area contributed by atoms with Gasteiger partial charge in [-0.15, -0.1) is 0 Å². The maximum atomic E-state index is 13.0. The van der Waals surface area contributed by atoms with E-state index in [2.05, 4.69) is 4.99 Å². The molecular formula is C26H22N2O5S. The predicted molar refractivity (Wildman–Crippen MR) is 129 cm³/mol. The number of thiazole rings is 1. The van der Waals surface area contributed by atoms with E-state index >= 15 is 0 Å². The summed E-state index contributed by atoms with van der Waals surface area (Å²) in [6.07, 6.45) is 0.157. The highest BCUT2D eigenvalue weighted by Gasteiger charge is 2.18. The Kier molecular flexibility index (Phi) is 6.14. The number of aryl methyl sites for hydroxylation is 1. The van der Waals surface area contributed by atoms with Gasteiger partial charge in [0, 0.05) is 24.2 Å². The van der Waals surface area contributed by atoms with Gasteiger partial charge in [-0.05, 0) is 23.3 Å². The van der Waals surface area contributed by atoms with Crippen molar-refractivity contribution >= 4 is 33.4 Å². The number of aromatic nitrogens is 1. The number of ether oxygens (including phenoxy) is 3. The van der Waals surface area contributed by atoms with Crippen molar-refractivity contribution in [2.75, 3.05) is 20.3 Å². The maximum absolute atomic E-state index is 13.0. The summed E-state index contributed by atoms with van der Waals surface area (Å²) in [5, 5.41) is 0. The number of nitrogens with zero attached hydrogens (tertiary/aromatic N) is 2. The van der Waals surface area contributed by atoms with Gasteiger partial charge < -0.3 is 18.8 Å². The van der Waals surface area contributed by atoms with E-state index in [4.69, 9.17) is 14.2 Å². The third-order valence-corrected chi connectivity index (χ3v) is 6.59. The van der Waals surface area contributed by atoms with E-state index in [-0.39, 0.29) is 18.3 Å². The van der Waals surface area contributed by atoms with E-state index < -0.39 is 0 Å². The average molecular weight is 475 g/mol. The zero-order chi connectivity index (χ0) is 23.5. The van der Waals surface area contributed by atoms with Crippen molar-refractivity contribution in [3.8, 4) is 22.6 Å². The lowest BCUT2D eigenvalue weighted by Gasteiger charge is -2.18. The first-order chi connectivity index (χ1) is 16.6. The molecule has 0 spiro atoms. The minimum Gasteiger partial charge on any atom is -0.486 e. The zero-order valence-corrected chi connectivity index (χ0v) is 19.3. The van der Waals surface area contributed by atoms with Crippen molar-refractivity contribution in [1.82, 2.24) is 4.57 Å². The number of hydrogen-bond acceptors (Lipinski definition) is 6. The van der Waals surface area contributed by atoms with Crippen LogP contribution in [0.2, 0.25) is 0 Å². The predicted octanol–water partition coefficient (Wildman–Crippen LogP) is 4.45. The molecule has 0 N–H and O–H groups in total. The molecule has 5 rings (SSSR count). The minimum absolute atomic E-state index is 0.157. The molecule has 0 saturated heterocycles. The van der Waals surface area contributed by atoms with E-state index in [9.17, 15) is 9.59 Å². The van der Waals surface area contributed by atoms with Crippen molar-refractivity contribution in [3.05, 3.63) is 77.1 Å². The molecule has 172 valence electrons. The van der Waals surface area contributed by atoms with Crippen molar-refractivity contribution in [2.45, 2.75) is 13.0 Å². The lowest BCUT2D eigenvalue weighted by Crippen LogP contribution is -2.19. The summed E-state index contributed by atoms with van der Waals surface area (Å²) in [6, 6.07) is 21.1. The molecule has 0 saturated carbocycles. The Bertz CT molecular complexity index is 1420. The number of carbonyl (C=O) groups is 2. The fourth-order valence-electron chi connectivity index (χ4n) is 3.80. The summed E-state index contributed by atoms with van der Waals surface area (Å²) in [5.41, 5.74) is 3.42. The number of fused-ring (bicyclic) bond motifs is 2. The molecule has 4 aromatic rings.